The van der Waals surface area contributed by atoms with Crippen LogP contribution >= 0.6 is 0 Å². The second-order valence-corrected chi connectivity index (χ2v) is 8.27. The Hall–Kier alpha value is -2.82. The summed E-state index contributed by atoms with van der Waals surface area (Å²) in [5, 5.41) is 0. The molecule has 0 aromatic heterocycles. The van der Waals surface area contributed by atoms with Crippen LogP contribution in [0.1, 0.15) is 71.4 Å². The summed E-state index contributed by atoms with van der Waals surface area (Å²) in [6.45, 7) is 11.1. The molecule has 0 atom stereocenters. The fourth-order valence-corrected chi connectivity index (χ4v) is 4.40. The van der Waals surface area contributed by atoms with E-state index in [-0.39, 0.29) is 17.4 Å². The number of anilines is 1. The van der Waals surface area contributed by atoms with Crippen molar-refractivity contribution in [1.82, 2.24) is 4.90 Å². The quantitative estimate of drug-likeness (QED) is 0.431. The number of nitrogens with zero attached hydrogens (tertiary/aromatic N) is 2. The highest BCUT2D eigenvalue weighted by Gasteiger charge is 2.32. The molecule has 2 aromatic carbocycles. The van der Waals surface area contributed by atoms with Crippen LogP contribution in [-0.2, 0) is 10.2 Å². The first-order chi connectivity index (χ1) is 15.3. The van der Waals surface area contributed by atoms with Crippen molar-refractivity contribution >= 4 is 17.7 Å². The van der Waals surface area contributed by atoms with Crippen molar-refractivity contribution in [3.8, 4) is 5.75 Å². The number of hydrogen-bond donors (Lipinski definition) is 0. The fraction of sp³-hybridized carbons (Fsp3) is 0.481. The number of amides is 2. The third-order valence-electron chi connectivity index (χ3n) is 6.27. The van der Waals surface area contributed by atoms with E-state index in [2.05, 4.69) is 38.1 Å². The number of hydrogen-bond acceptors (Lipinski definition) is 3. The van der Waals surface area contributed by atoms with Gasteiger partial charge < -0.3 is 14.5 Å². The lowest BCUT2D eigenvalue weighted by atomic mass is 9.68. The van der Waals surface area contributed by atoms with Crippen molar-refractivity contribution in [3.63, 3.8) is 0 Å². The van der Waals surface area contributed by atoms with Gasteiger partial charge in [0.2, 0.25) is 5.91 Å². The van der Waals surface area contributed by atoms with Crippen molar-refractivity contribution in [2.75, 3.05) is 25.0 Å². The molecule has 2 rings (SSSR count). The van der Waals surface area contributed by atoms with Gasteiger partial charge in [-0.25, -0.2) is 4.79 Å². The first kappa shape index (κ1) is 25.4. The van der Waals surface area contributed by atoms with E-state index in [0.29, 0.717) is 18.8 Å². The van der Waals surface area contributed by atoms with Crippen molar-refractivity contribution < 1.29 is 14.3 Å². The van der Waals surface area contributed by atoms with Crippen LogP contribution in [0.2, 0.25) is 0 Å². The number of carbonyl (C=O) groups is 2. The second-order valence-electron chi connectivity index (χ2n) is 8.27. The summed E-state index contributed by atoms with van der Waals surface area (Å²) in [4.78, 5) is 27.3. The molecule has 0 radical (unpaired) electrons. The zero-order chi connectivity index (χ0) is 23.7. The fourth-order valence-electron chi connectivity index (χ4n) is 4.40. The Kier molecular flexibility index (Phi) is 9.30. The zero-order valence-electron chi connectivity index (χ0n) is 20.5. The maximum absolute atomic E-state index is 12.3. The first-order valence-electron chi connectivity index (χ1n) is 11.7. The molecule has 0 aliphatic carbocycles. The van der Waals surface area contributed by atoms with E-state index in [1.165, 1.54) is 11.1 Å². The molecule has 174 valence electrons. The molecule has 2 aromatic rings. The minimum absolute atomic E-state index is 0.0148. The van der Waals surface area contributed by atoms with E-state index >= 15 is 0 Å². The molecule has 0 spiro atoms. The lowest BCUT2D eigenvalue weighted by Gasteiger charge is -2.35. The Morgan fingerprint density at radius 1 is 0.812 bits per heavy atom. The van der Waals surface area contributed by atoms with Crippen LogP contribution in [0.5, 0.6) is 5.75 Å². The molecule has 0 saturated carbocycles. The molecule has 0 N–H and O–H groups in total. The third kappa shape index (κ3) is 5.70. The molecule has 5 heteroatoms. The number of rotatable bonds is 10. The van der Waals surface area contributed by atoms with Gasteiger partial charge in [0.25, 0.3) is 0 Å². The standard InChI is InChI=1S/C27H38N2O3/c1-7-19-27(20-8-2,22-11-15-24(16-12-22)28(6)21(5)30)23-13-17-25(18-14-23)32-26(31)29(9-3)10-4/h11-18H,7-10,19-20H2,1-6H3. The van der Waals surface area contributed by atoms with Gasteiger partial charge in [0, 0.05) is 38.2 Å². The number of benzene rings is 2. The van der Waals surface area contributed by atoms with Crippen molar-refractivity contribution in [2.45, 2.75) is 65.7 Å². The van der Waals surface area contributed by atoms with Gasteiger partial charge in [0.1, 0.15) is 5.75 Å². The van der Waals surface area contributed by atoms with E-state index in [9.17, 15) is 9.59 Å². The Morgan fingerprint density at radius 2 is 1.28 bits per heavy atom. The highest BCUT2D eigenvalue weighted by Crippen LogP contribution is 2.42. The first-order valence-corrected chi connectivity index (χ1v) is 11.7. The van der Waals surface area contributed by atoms with Crippen LogP contribution in [0, 0.1) is 0 Å². The van der Waals surface area contributed by atoms with Gasteiger partial charge in [-0.3, -0.25) is 4.79 Å². The monoisotopic (exact) mass is 438 g/mol. The van der Waals surface area contributed by atoms with Crippen molar-refractivity contribution in [1.29, 1.82) is 0 Å². The number of ether oxygens (including phenoxy) is 1. The van der Waals surface area contributed by atoms with Crippen LogP contribution in [0.15, 0.2) is 48.5 Å². The summed E-state index contributed by atoms with van der Waals surface area (Å²) in [5.41, 5.74) is 3.23. The average molecular weight is 439 g/mol. The maximum Gasteiger partial charge on any atom is 0.415 e. The van der Waals surface area contributed by atoms with Crippen molar-refractivity contribution in [3.05, 3.63) is 59.7 Å². The Balaban J connectivity index is 2.40. The van der Waals surface area contributed by atoms with Gasteiger partial charge in [-0.1, -0.05) is 51.0 Å². The molecule has 32 heavy (non-hydrogen) atoms. The van der Waals surface area contributed by atoms with Gasteiger partial charge in [-0.15, -0.1) is 0 Å². The molecule has 0 heterocycles. The van der Waals surface area contributed by atoms with E-state index in [0.717, 1.165) is 31.4 Å². The third-order valence-corrected chi connectivity index (χ3v) is 6.27. The van der Waals surface area contributed by atoms with Crippen LogP contribution < -0.4 is 9.64 Å². The molecule has 0 saturated heterocycles. The van der Waals surface area contributed by atoms with Crippen molar-refractivity contribution in [2.24, 2.45) is 0 Å². The summed E-state index contributed by atoms with van der Waals surface area (Å²) in [6.07, 6.45) is 3.81. The smallest absolute Gasteiger partial charge is 0.410 e. The minimum atomic E-state index is -0.318. The van der Waals surface area contributed by atoms with Crippen LogP contribution in [0.3, 0.4) is 0 Å². The van der Waals surface area contributed by atoms with Gasteiger partial charge >= 0.3 is 6.09 Å². The van der Waals surface area contributed by atoms with E-state index in [1.54, 1.807) is 23.8 Å². The van der Waals surface area contributed by atoms with E-state index < -0.39 is 0 Å². The molecule has 0 aliphatic heterocycles. The Bertz CT molecular complexity index is 865. The van der Waals surface area contributed by atoms with Gasteiger partial charge in [-0.2, -0.15) is 0 Å². The highest BCUT2D eigenvalue weighted by molar-refractivity contribution is 5.90. The van der Waals surface area contributed by atoms with Crippen LogP contribution in [0.4, 0.5) is 10.5 Å². The Labute approximate surface area is 193 Å². The summed E-state index contributed by atoms with van der Waals surface area (Å²) >= 11 is 0. The molecule has 0 fully saturated rings. The van der Waals surface area contributed by atoms with Gasteiger partial charge in [0.05, 0.1) is 0 Å². The Morgan fingerprint density at radius 3 is 1.69 bits per heavy atom. The summed E-state index contributed by atoms with van der Waals surface area (Å²) < 4.78 is 5.57. The van der Waals surface area contributed by atoms with Crippen LogP contribution in [0.25, 0.3) is 0 Å². The predicted octanol–water partition coefficient (Wildman–Crippen LogP) is 6.40. The summed E-state index contributed by atoms with van der Waals surface area (Å²) in [6, 6.07) is 16.3. The molecule has 0 bridgehead atoms. The molecule has 2 amide bonds. The molecular formula is C27H38N2O3. The van der Waals surface area contributed by atoms with Crippen LogP contribution in [-0.4, -0.2) is 37.0 Å². The average Bonchev–Trinajstić information content (AvgIpc) is 2.79. The normalized spacial score (nSPS) is 11.2. The zero-order valence-corrected chi connectivity index (χ0v) is 20.5. The van der Waals surface area contributed by atoms with Gasteiger partial charge in [-0.05, 0) is 62.1 Å². The molecule has 0 aliphatic rings. The number of carbonyl (C=O) groups excluding carboxylic acids is 2. The molecule has 5 nitrogen and oxygen atoms in total. The molecule has 0 unspecified atom stereocenters. The summed E-state index contributed by atoms with van der Waals surface area (Å²) in [5.74, 6) is 0.576. The lowest BCUT2D eigenvalue weighted by Crippen LogP contribution is -2.33. The van der Waals surface area contributed by atoms with E-state index in [1.807, 2.05) is 38.1 Å². The lowest BCUT2D eigenvalue weighted by molar-refractivity contribution is -0.116. The topological polar surface area (TPSA) is 49.9 Å². The molecular weight excluding hydrogens is 400 g/mol. The van der Waals surface area contributed by atoms with E-state index in [4.69, 9.17) is 4.74 Å². The largest absolute Gasteiger partial charge is 0.415 e. The SMILES string of the molecule is CCCC(CCC)(c1ccc(OC(=O)N(CC)CC)cc1)c1ccc(N(C)C(C)=O)cc1. The van der Waals surface area contributed by atoms with Gasteiger partial charge in [0.15, 0.2) is 0 Å². The maximum atomic E-state index is 12.3. The summed E-state index contributed by atoms with van der Waals surface area (Å²) in [7, 11) is 1.79. The second kappa shape index (κ2) is 11.7. The minimum Gasteiger partial charge on any atom is -0.410 e. The predicted molar refractivity (Wildman–Crippen MR) is 132 cm³/mol. The highest BCUT2D eigenvalue weighted by atomic mass is 16.6.